The van der Waals surface area contributed by atoms with Gasteiger partial charge in [0.1, 0.15) is 5.75 Å². The fraction of sp³-hybridized carbons (Fsp3) is 0.222. The average Bonchev–Trinajstić information content (AvgIpc) is 3.03. The summed E-state index contributed by atoms with van der Waals surface area (Å²) in [5.41, 5.74) is 1.89. The molecular weight excluding hydrogens is 406 g/mol. The first-order valence-electron chi connectivity index (χ1n) is 7.64. The number of nitrogens with zero attached hydrogens (tertiary/aromatic N) is 3. The predicted molar refractivity (Wildman–Crippen MR) is 101 cm³/mol. The van der Waals surface area contributed by atoms with Gasteiger partial charge in [0, 0.05) is 27.2 Å². The predicted octanol–water partition coefficient (Wildman–Crippen LogP) is 4.79. The van der Waals surface area contributed by atoms with Crippen LogP contribution in [0.15, 0.2) is 51.4 Å². The fourth-order valence-corrected chi connectivity index (χ4v) is 3.10. The molecule has 0 saturated heterocycles. The van der Waals surface area contributed by atoms with Crippen LogP contribution < -0.4 is 4.74 Å². The Kier molecular flexibility index (Phi) is 5.73. The van der Waals surface area contributed by atoms with Gasteiger partial charge in [0.15, 0.2) is 0 Å². The van der Waals surface area contributed by atoms with Gasteiger partial charge in [0.2, 0.25) is 11.8 Å². The maximum Gasteiger partial charge on any atom is 0.247 e. The van der Waals surface area contributed by atoms with E-state index in [0.717, 1.165) is 21.3 Å². The molecule has 0 aliphatic heterocycles. The zero-order valence-electron chi connectivity index (χ0n) is 13.9. The van der Waals surface area contributed by atoms with Gasteiger partial charge in [-0.15, -0.1) is 10.2 Å². The van der Waals surface area contributed by atoms with Crippen LogP contribution >= 0.6 is 27.5 Å². The maximum atomic E-state index is 6.08. The fourth-order valence-electron chi connectivity index (χ4n) is 2.50. The highest BCUT2D eigenvalue weighted by molar-refractivity contribution is 9.10. The van der Waals surface area contributed by atoms with Crippen molar-refractivity contribution in [2.75, 3.05) is 14.2 Å². The molecule has 1 heterocycles. The summed E-state index contributed by atoms with van der Waals surface area (Å²) >= 11 is 9.52. The standard InChI is InChI=1S/C18H17BrClN3O2/c1-23(10-13-9-15(20)6-7-16(13)24-2)11-17-21-22-18(25-17)12-4-3-5-14(19)8-12/h3-9H,10-11H2,1-2H3. The summed E-state index contributed by atoms with van der Waals surface area (Å²) in [5, 5.41) is 8.94. The van der Waals surface area contributed by atoms with Crippen LogP contribution in [-0.4, -0.2) is 29.3 Å². The van der Waals surface area contributed by atoms with Gasteiger partial charge >= 0.3 is 0 Å². The molecule has 1 aromatic heterocycles. The van der Waals surface area contributed by atoms with Crippen molar-refractivity contribution in [2.45, 2.75) is 13.1 Å². The van der Waals surface area contributed by atoms with Crippen LogP contribution in [0.3, 0.4) is 0 Å². The van der Waals surface area contributed by atoms with E-state index in [9.17, 15) is 0 Å². The molecule has 0 N–H and O–H groups in total. The smallest absolute Gasteiger partial charge is 0.247 e. The first kappa shape index (κ1) is 17.9. The second-order valence-electron chi connectivity index (χ2n) is 5.64. The third-order valence-electron chi connectivity index (χ3n) is 3.63. The Balaban J connectivity index is 1.70. The van der Waals surface area contributed by atoms with Crippen LogP contribution in [0.5, 0.6) is 5.75 Å². The average molecular weight is 423 g/mol. The van der Waals surface area contributed by atoms with Crippen LogP contribution in [0.4, 0.5) is 0 Å². The Labute approximate surface area is 159 Å². The van der Waals surface area contributed by atoms with Crippen LogP contribution in [0.1, 0.15) is 11.5 Å². The third kappa shape index (κ3) is 4.60. The topological polar surface area (TPSA) is 51.4 Å². The summed E-state index contributed by atoms with van der Waals surface area (Å²) in [6.07, 6.45) is 0. The van der Waals surface area contributed by atoms with Crippen molar-refractivity contribution in [3.8, 4) is 17.2 Å². The molecule has 0 aliphatic rings. The van der Waals surface area contributed by atoms with Crippen LogP contribution in [0.25, 0.3) is 11.5 Å². The summed E-state index contributed by atoms with van der Waals surface area (Å²) in [7, 11) is 3.62. The summed E-state index contributed by atoms with van der Waals surface area (Å²) in [6.45, 7) is 1.18. The molecule has 2 aromatic carbocycles. The van der Waals surface area contributed by atoms with Gasteiger partial charge in [-0.1, -0.05) is 33.6 Å². The number of methoxy groups -OCH3 is 1. The molecule has 0 fully saturated rings. The summed E-state index contributed by atoms with van der Waals surface area (Å²) < 4.78 is 12.1. The molecule has 0 atom stereocenters. The quantitative estimate of drug-likeness (QED) is 0.571. The number of benzene rings is 2. The van der Waals surface area contributed by atoms with Crippen molar-refractivity contribution in [1.29, 1.82) is 0 Å². The van der Waals surface area contributed by atoms with Gasteiger partial charge in [-0.25, -0.2) is 0 Å². The molecule has 130 valence electrons. The lowest BCUT2D eigenvalue weighted by molar-refractivity contribution is 0.277. The van der Waals surface area contributed by atoms with E-state index in [1.807, 2.05) is 49.5 Å². The number of halogens is 2. The highest BCUT2D eigenvalue weighted by atomic mass is 79.9. The number of hydrogen-bond acceptors (Lipinski definition) is 5. The Morgan fingerprint density at radius 3 is 2.76 bits per heavy atom. The Hall–Kier alpha value is -1.89. The van der Waals surface area contributed by atoms with Crippen molar-refractivity contribution in [3.63, 3.8) is 0 Å². The van der Waals surface area contributed by atoms with E-state index in [-0.39, 0.29) is 0 Å². The molecule has 0 spiro atoms. The normalized spacial score (nSPS) is 11.1. The second kappa shape index (κ2) is 7.99. The molecule has 25 heavy (non-hydrogen) atoms. The highest BCUT2D eigenvalue weighted by Crippen LogP contribution is 2.25. The van der Waals surface area contributed by atoms with Crippen LogP contribution in [-0.2, 0) is 13.1 Å². The summed E-state index contributed by atoms with van der Waals surface area (Å²) in [4.78, 5) is 2.06. The van der Waals surface area contributed by atoms with Gasteiger partial charge < -0.3 is 9.15 Å². The Morgan fingerprint density at radius 2 is 2.00 bits per heavy atom. The first-order chi connectivity index (χ1) is 12.0. The van der Waals surface area contributed by atoms with Gasteiger partial charge in [-0.2, -0.15) is 0 Å². The van der Waals surface area contributed by atoms with Crippen LogP contribution in [0, 0.1) is 0 Å². The SMILES string of the molecule is COc1ccc(Cl)cc1CN(C)Cc1nnc(-c2cccc(Br)c2)o1. The maximum absolute atomic E-state index is 6.08. The molecule has 0 unspecified atom stereocenters. The minimum absolute atomic E-state index is 0.505. The minimum Gasteiger partial charge on any atom is -0.496 e. The molecule has 3 rings (SSSR count). The largest absolute Gasteiger partial charge is 0.496 e. The lowest BCUT2D eigenvalue weighted by Gasteiger charge is -2.16. The Bertz CT molecular complexity index is 869. The van der Waals surface area contributed by atoms with Crippen molar-refractivity contribution in [3.05, 3.63) is 63.4 Å². The zero-order chi connectivity index (χ0) is 17.8. The van der Waals surface area contributed by atoms with E-state index in [4.69, 9.17) is 20.8 Å². The lowest BCUT2D eigenvalue weighted by atomic mass is 10.2. The van der Waals surface area contributed by atoms with Gasteiger partial charge in [0.25, 0.3) is 0 Å². The molecule has 7 heteroatoms. The van der Waals surface area contributed by atoms with Crippen molar-refractivity contribution in [1.82, 2.24) is 15.1 Å². The van der Waals surface area contributed by atoms with Crippen molar-refractivity contribution in [2.24, 2.45) is 0 Å². The molecular formula is C18H17BrClN3O2. The van der Waals surface area contributed by atoms with Gasteiger partial charge in [-0.05, 0) is 43.4 Å². The summed E-state index contributed by atoms with van der Waals surface area (Å²) in [5.74, 6) is 1.86. The van der Waals surface area contributed by atoms with Crippen molar-refractivity contribution < 1.29 is 9.15 Å². The monoisotopic (exact) mass is 421 g/mol. The number of rotatable bonds is 6. The minimum atomic E-state index is 0.505. The molecule has 5 nitrogen and oxygen atoms in total. The third-order valence-corrected chi connectivity index (χ3v) is 4.35. The lowest BCUT2D eigenvalue weighted by Crippen LogP contribution is -2.18. The molecule has 0 saturated carbocycles. The number of hydrogen-bond donors (Lipinski definition) is 0. The van der Waals surface area contributed by atoms with E-state index in [1.165, 1.54) is 0 Å². The van der Waals surface area contributed by atoms with Gasteiger partial charge in [-0.3, -0.25) is 4.90 Å². The van der Waals surface area contributed by atoms with Crippen molar-refractivity contribution >= 4 is 27.5 Å². The van der Waals surface area contributed by atoms with E-state index >= 15 is 0 Å². The molecule has 0 bridgehead atoms. The van der Waals surface area contributed by atoms with E-state index in [1.54, 1.807) is 7.11 Å². The van der Waals surface area contributed by atoms with Gasteiger partial charge in [0.05, 0.1) is 13.7 Å². The van der Waals surface area contributed by atoms with E-state index in [0.29, 0.717) is 29.9 Å². The number of ether oxygens (including phenoxy) is 1. The molecule has 0 radical (unpaired) electrons. The number of aromatic nitrogens is 2. The highest BCUT2D eigenvalue weighted by Gasteiger charge is 2.13. The zero-order valence-corrected chi connectivity index (χ0v) is 16.2. The molecule has 0 aliphatic carbocycles. The van der Waals surface area contributed by atoms with Crippen LogP contribution in [0.2, 0.25) is 5.02 Å². The van der Waals surface area contributed by atoms with E-state index in [2.05, 4.69) is 31.0 Å². The Morgan fingerprint density at radius 1 is 1.16 bits per heavy atom. The molecule has 0 amide bonds. The second-order valence-corrected chi connectivity index (χ2v) is 6.99. The first-order valence-corrected chi connectivity index (χ1v) is 8.81. The van der Waals surface area contributed by atoms with E-state index < -0.39 is 0 Å². The summed E-state index contributed by atoms with van der Waals surface area (Å²) in [6, 6.07) is 13.3. The molecule has 3 aromatic rings.